The molecule has 0 radical (unpaired) electrons. The fraction of sp³-hybridized carbons (Fsp3) is 0.650. The van der Waals surface area contributed by atoms with Crippen molar-refractivity contribution >= 4 is 12.0 Å². The number of rotatable bonds is 7. The number of ether oxygens (including phenoxy) is 1. The van der Waals surface area contributed by atoms with Crippen molar-refractivity contribution < 1.29 is 27.8 Å². The summed E-state index contributed by atoms with van der Waals surface area (Å²) in [7, 11) is 0. The first-order valence-corrected chi connectivity index (χ1v) is 10.6. The van der Waals surface area contributed by atoms with E-state index in [1.165, 1.54) is 4.90 Å². The molecule has 182 valence electrons. The Morgan fingerprint density at radius 1 is 1.24 bits per heavy atom. The normalized spacial score (nSPS) is 15.3. The molecule has 33 heavy (non-hydrogen) atoms. The Bertz CT molecular complexity index is 957. The molecular weight excluding hydrogens is 443 g/mol. The largest absolute Gasteiger partial charge is 0.465 e. The van der Waals surface area contributed by atoms with Crippen molar-refractivity contribution in [3.63, 3.8) is 0 Å². The first kappa shape index (κ1) is 24.7. The van der Waals surface area contributed by atoms with Gasteiger partial charge < -0.3 is 14.7 Å². The lowest BCUT2D eigenvalue weighted by atomic mass is 10.0. The quantitative estimate of drug-likeness (QED) is 0.656. The Morgan fingerprint density at radius 2 is 1.91 bits per heavy atom. The van der Waals surface area contributed by atoms with Gasteiger partial charge in [-0.2, -0.15) is 18.3 Å². The Labute approximate surface area is 189 Å². The van der Waals surface area contributed by atoms with E-state index in [0.29, 0.717) is 37.7 Å². The number of anilines is 1. The molecule has 1 aliphatic heterocycles. The molecule has 0 aliphatic carbocycles. The van der Waals surface area contributed by atoms with Crippen molar-refractivity contribution in [2.75, 3.05) is 18.1 Å². The molecule has 0 spiro atoms. The summed E-state index contributed by atoms with van der Waals surface area (Å²) in [4.78, 5) is 27.0. The molecular formula is C20H28F3N7O3. The third-order valence-corrected chi connectivity index (χ3v) is 5.26. The molecule has 0 saturated heterocycles. The van der Waals surface area contributed by atoms with Crippen LogP contribution in [0.15, 0.2) is 12.4 Å². The zero-order valence-corrected chi connectivity index (χ0v) is 19.0. The molecule has 13 heteroatoms. The van der Waals surface area contributed by atoms with Crippen LogP contribution in [0.25, 0.3) is 0 Å². The van der Waals surface area contributed by atoms with E-state index in [1.54, 1.807) is 9.58 Å². The van der Waals surface area contributed by atoms with Gasteiger partial charge >= 0.3 is 12.3 Å². The van der Waals surface area contributed by atoms with Gasteiger partial charge in [0.05, 0.1) is 31.3 Å². The van der Waals surface area contributed by atoms with Gasteiger partial charge in [-0.15, -0.1) is 0 Å². The highest BCUT2D eigenvalue weighted by Crippen LogP contribution is 2.28. The molecule has 0 bridgehead atoms. The molecule has 2 aromatic rings. The minimum atomic E-state index is -4.49. The minimum absolute atomic E-state index is 0.116. The molecule has 0 saturated carbocycles. The van der Waals surface area contributed by atoms with E-state index in [4.69, 9.17) is 4.74 Å². The van der Waals surface area contributed by atoms with Crippen LogP contribution >= 0.6 is 0 Å². The summed E-state index contributed by atoms with van der Waals surface area (Å²) in [6.45, 7) is 8.97. The molecule has 3 heterocycles. The molecule has 10 nitrogen and oxygen atoms in total. The Balaban J connectivity index is 1.60. The van der Waals surface area contributed by atoms with Crippen LogP contribution in [0.5, 0.6) is 0 Å². The molecule has 1 unspecified atom stereocenters. The Kier molecular flexibility index (Phi) is 7.10. The summed E-state index contributed by atoms with van der Waals surface area (Å²) in [5.41, 5.74) is -1.46. The van der Waals surface area contributed by atoms with Gasteiger partial charge in [0.15, 0.2) is 5.82 Å². The first-order chi connectivity index (χ1) is 15.4. The zero-order chi connectivity index (χ0) is 24.4. The van der Waals surface area contributed by atoms with E-state index in [0.717, 1.165) is 12.4 Å². The number of nitrogens with zero attached hydrogens (tertiary/aromatic N) is 7. The summed E-state index contributed by atoms with van der Waals surface area (Å²) < 4.78 is 45.6. The van der Waals surface area contributed by atoms with Crippen molar-refractivity contribution in [2.24, 2.45) is 0 Å². The number of carboxylic acid groups (broad SMARTS) is 1. The van der Waals surface area contributed by atoms with E-state index in [2.05, 4.69) is 20.1 Å². The number of alkyl halides is 3. The fourth-order valence-corrected chi connectivity index (χ4v) is 3.70. The van der Waals surface area contributed by atoms with E-state index in [-0.39, 0.29) is 25.2 Å². The SMILES string of the molecule is CCC(COCc1nc2n(n1)CCN(c1ncc(C(F)(F)F)cn1)C2)N(C(=O)O)C(C)(C)C. The fourth-order valence-electron chi connectivity index (χ4n) is 3.70. The van der Waals surface area contributed by atoms with Crippen LogP contribution in [0, 0.1) is 0 Å². The van der Waals surface area contributed by atoms with Gasteiger partial charge in [0.2, 0.25) is 5.95 Å². The standard InChI is InChI=1S/C20H28F3N7O3/c1-5-14(30(18(31)32)19(2,3)4)11-33-12-15-26-16-10-28(6-7-29(16)27-15)17-24-8-13(9-25-17)20(21,22)23/h8-9,14H,5-7,10-12H2,1-4H3,(H,31,32). The van der Waals surface area contributed by atoms with Crippen LogP contribution in [-0.4, -0.2) is 65.6 Å². The van der Waals surface area contributed by atoms with Gasteiger partial charge in [0, 0.05) is 24.5 Å². The summed E-state index contributed by atoms with van der Waals surface area (Å²) in [6, 6.07) is -0.313. The second-order valence-corrected chi connectivity index (χ2v) is 8.76. The predicted molar refractivity (Wildman–Crippen MR) is 111 cm³/mol. The van der Waals surface area contributed by atoms with Crippen LogP contribution in [0.1, 0.15) is 51.3 Å². The Hall–Kier alpha value is -2.96. The van der Waals surface area contributed by atoms with Gasteiger partial charge in [0.1, 0.15) is 12.4 Å². The maximum Gasteiger partial charge on any atom is 0.419 e. The van der Waals surface area contributed by atoms with Crippen LogP contribution in [0.2, 0.25) is 0 Å². The molecule has 0 fully saturated rings. The molecule has 0 aromatic carbocycles. The van der Waals surface area contributed by atoms with E-state index in [1.807, 2.05) is 27.7 Å². The number of hydrogen-bond acceptors (Lipinski definition) is 7. The van der Waals surface area contributed by atoms with Crippen molar-refractivity contribution in [1.29, 1.82) is 0 Å². The average molecular weight is 471 g/mol. The molecule has 1 aliphatic rings. The third-order valence-electron chi connectivity index (χ3n) is 5.26. The minimum Gasteiger partial charge on any atom is -0.465 e. The highest BCUT2D eigenvalue weighted by Gasteiger charge is 2.33. The molecule has 1 amide bonds. The third kappa shape index (κ3) is 5.89. The van der Waals surface area contributed by atoms with Crippen molar-refractivity contribution in [2.45, 2.75) is 71.6 Å². The maximum atomic E-state index is 12.7. The Morgan fingerprint density at radius 3 is 2.45 bits per heavy atom. The van der Waals surface area contributed by atoms with Gasteiger partial charge in [-0.1, -0.05) is 6.92 Å². The lowest BCUT2D eigenvalue weighted by Gasteiger charge is -2.39. The van der Waals surface area contributed by atoms with E-state index in [9.17, 15) is 23.1 Å². The molecule has 3 rings (SSSR count). The highest BCUT2D eigenvalue weighted by atomic mass is 19.4. The zero-order valence-electron chi connectivity index (χ0n) is 19.0. The summed E-state index contributed by atoms with van der Waals surface area (Å²) >= 11 is 0. The monoisotopic (exact) mass is 471 g/mol. The number of aromatic nitrogens is 5. The molecule has 1 atom stereocenters. The van der Waals surface area contributed by atoms with E-state index >= 15 is 0 Å². The lowest BCUT2D eigenvalue weighted by molar-refractivity contribution is -0.138. The number of carbonyl (C=O) groups is 1. The van der Waals surface area contributed by atoms with Gasteiger partial charge in [-0.3, -0.25) is 4.90 Å². The number of halogens is 3. The highest BCUT2D eigenvalue weighted by molar-refractivity contribution is 5.66. The van der Waals surface area contributed by atoms with Crippen LogP contribution in [-0.2, 0) is 30.6 Å². The van der Waals surface area contributed by atoms with Crippen molar-refractivity contribution in [1.82, 2.24) is 29.6 Å². The van der Waals surface area contributed by atoms with Crippen molar-refractivity contribution in [3.05, 3.63) is 29.6 Å². The smallest absolute Gasteiger partial charge is 0.419 e. The summed E-state index contributed by atoms with van der Waals surface area (Å²) in [5.74, 6) is 1.27. The topological polar surface area (TPSA) is 110 Å². The number of amides is 1. The molecule has 2 aromatic heterocycles. The second kappa shape index (κ2) is 9.49. The molecule has 1 N–H and O–H groups in total. The van der Waals surface area contributed by atoms with Gasteiger partial charge in [-0.25, -0.2) is 24.4 Å². The lowest BCUT2D eigenvalue weighted by Crippen LogP contribution is -2.52. The first-order valence-electron chi connectivity index (χ1n) is 10.6. The van der Waals surface area contributed by atoms with Gasteiger partial charge in [0.25, 0.3) is 0 Å². The summed E-state index contributed by atoms with van der Waals surface area (Å²) in [5, 5.41) is 14.0. The maximum absolute atomic E-state index is 12.7. The summed E-state index contributed by atoms with van der Waals surface area (Å²) in [6.07, 6.45) is -3.36. The van der Waals surface area contributed by atoms with Crippen molar-refractivity contribution in [3.8, 4) is 0 Å². The van der Waals surface area contributed by atoms with Crippen LogP contribution in [0.3, 0.4) is 0 Å². The predicted octanol–water partition coefficient (Wildman–Crippen LogP) is 3.18. The number of hydrogen-bond donors (Lipinski definition) is 1. The average Bonchev–Trinajstić information content (AvgIpc) is 3.13. The second-order valence-electron chi connectivity index (χ2n) is 8.76. The number of fused-ring (bicyclic) bond motifs is 1. The van der Waals surface area contributed by atoms with Crippen LogP contribution in [0.4, 0.5) is 23.9 Å². The van der Waals surface area contributed by atoms with E-state index < -0.39 is 23.4 Å². The van der Waals surface area contributed by atoms with Crippen LogP contribution < -0.4 is 4.90 Å². The van der Waals surface area contributed by atoms with Gasteiger partial charge in [-0.05, 0) is 27.2 Å².